The number of piperidine rings is 1. The summed E-state index contributed by atoms with van der Waals surface area (Å²) in [6.45, 7) is 4.17. The molecule has 28 heavy (non-hydrogen) atoms. The van der Waals surface area contributed by atoms with Gasteiger partial charge in [-0.15, -0.1) is 11.3 Å². The van der Waals surface area contributed by atoms with E-state index in [1.807, 2.05) is 9.80 Å². The number of hydrogen-bond acceptors (Lipinski definition) is 3. The molecular formula is C20H23F3N3OS+. The molecule has 8 heteroatoms. The topological polar surface area (TPSA) is 37.7 Å². The van der Waals surface area contributed by atoms with Crippen LogP contribution in [0.4, 0.5) is 19.0 Å². The van der Waals surface area contributed by atoms with Crippen molar-refractivity contribution < 1.29 is 22.9 Å². The highest BCUT2D eigenvalue weighted by Crippen LogP contribution is 2.35. The van der Waals surface area contributed by atoms with Crippen LogP contribution >= 0.6 is 11.3 Å². The monoisotopic (exact) mass is 410 g/mol. The highest BCUT2D eigenvalue weighted by Gasteiger charge is 2.36. The number of hydrogen-bond donors (Lipinski definition) is 0. The second-order valence-corrected chi connectivity index (χ2v) is 8.48. The number of halogens is 3. The number of nitrogens with one attached hydrogen (secondary N) is 1. The van der Waals surface area contributed by atoms with Crippen LogP contribution in [-0.2, 0) is 17.4 Å². The largest absolute Gasteiger partial charge is 0.419 e. The van der Waals surface area contributed by atoms with E-state index >= 15 is 0 Å². The van der Waals surface area contributed by atoms with Crippen molar-refractivity contribution >= 4 is 23.1 Å². The third kappa shape index (κ3) is 3.62. The molecule has 0 aromatic carbocycles. The normalized spacial score (nSPS) is 20.9. The maximum atomic E-state index is 13.1. The van der Waals surface area contributed by atoms with E-state index in [1.165, 1.54) is 16.5 Å². The Morgan fingerprint density at radius 1 is 1.18 bits per heavy atom. The molecule has 0 radical (unpaired) electrons. The molecule has 1 fully saturated rings. The lowest BCUT2D eigenvalue weighted by molar-refractivity contribution is -0.367. The van der Waals surface area contributed by atoms with Crippen molar-refractivity contribution in [2.45, 2.75) is 38.4 Å². The van der Waals surface area contributed by atoms with E-state index in [1.54, 1.807) is 11.3 Å². The van der Waals surface area contributed by atoms with Gasteiger partial charge in [0.15, 0.2) is 0 Å². The van der Waals surface area contributed by atoms with Gasteiger partial charge in [-0.2, -0.15) is 13.2 Å². The van der Waals surface area contributed by atoms with E-state index in [0.717, 1.165) is 25.2 Å². The molecule has 0 aliphatic carbocycles. The van der Waals surface area contributed by atoms with Crippen LogP contribution in [0, 0.1) is 5.92 Å². The summed E-state index contributed by atoms with van der Waals surface area (Å²) in [6.07, 6.45) is -0.994. The number of rotatable bonds is 2. The smallest absolute Gasteiger partial charge is 0.335 e. The molecule has 2 aromatic heterocycles. The maximum absolute atomic E-state index is 13.1. The number of carbonyl (C=O) groups is 1. The summed E-state index contributed by atoms with van der Waals surface area (Å²) in [4.78, 5) is 21.2. The van der Waals surface area contributed by atoms with Crippen molar-refractivity contribution in [2.24, 2.45) is 5.92 Å². The molecular weight excluding hydrogens is 387 g/mol. The zero-order valence-corrected chi connectivity index (χ0v) is 16.4. The first-order valence-corrected chi connectivity index (χ1v) is 10.4. The van der Waals surface area contributed by atoms with E-state index in [9.17, 15) is 18.0 Å². The van der Waals surface area contributed by atoms with Gasteiger partial charge in [-0.05, 0) is 49.3 Å². The Balaban J connectivity index is 1.37. The van der Waals surface area contributed by atoms with E-state index in [2.05, 4.69) is 23.4 Å². The molecule has 1 amide bonds. The lowest BCUT2D eigenvalue weighted by Crippen LogP contribution is -2.46. The zero-order valence-electron chi connectivity index (χ0n) is 15.6. The molecule has 4 nitrogen and oxygen atoms in total. The first-order valence-electron chi connectivity index (χ1n) is 9.55. The van der Waals surface area contributed by atoms with Crippen LogP contribution in [0.25, 0.3) is 0 Å². The van der Waals surface area contributed by atoms with E-state index in [0.29, 0.717) is 31.7 Å². The van der Waals surface area contributed by atoms with Crippen LogP contribution in [0.2, 0.25) is 0 Å². The SMILES string of the molecule is C[C@H]1c2ccsc2CCN1C(=O)C1CCN(c2ccc(C(F)(F)F)c[nH+]2)CC1. The van der Waals surface area contributed by atoms with Gasteiger partial charge in [0.2, 0.25) is 5.91 Å². The summed E-state index contributed by atoms with van der Waals surface area (Å²) in [5.41, 5.74) is 0.578. The number of aromatic nitrogens is 1. The number of nitrogens with zero attached hydrogens (tertiary/aromatic N) is 2. The molecule has 0 spiro atoms. The van der Waals surface area contributed by atoms with Crippen molar-refractivity contribution in [2.75, 3.05) is 24.5 Å². The Morgan fingerprint density at radius 3 is 2.57 bits per heavy atom. The summed E-state index contributed by atoms with van der Waals surface area (Å²) in [5, 5.41) is 2.09. The van der Waals surface area contributed by atoms with Gasteiger partial charge in [-0.3, -0.25) is 9.69 Å². The van der Waals surface area contributed by atoms with Crippen LogP contribution < -0.4 is 9.88 Å². The Bertz CT molecular complexity index is 841. The molecule has 4 heterocycles. The number of amides is 1. The molecule has 0 saturated carbocycles. The Kier molecular flexibility index (Phi) is 5.07. The van der Waals surface area contributed by atoms with Crippen LogP contribution in [0.1, 0.15) is 41.8 Å². The zero-order chi connectivity index (χ0) is 19.9. The fourth-order valence-electron chi connectivity index (χ4n) is 4.20. The molecule has 2 aliphatic heterocycles. The average Bonchev–Trinajstić information content (AvgIpc) is 3.17. The molecule has 1 saturated heterocycles. The van der Waals surface area contributed by atoms with Gasteiger partial charge < -0.3 is 4.90 Å². The number of thiophene rings is 1. The second-order valence-electron chi connectivity index (χ2n) is 7.48. The third-order valence-electron chi connectivity index (χ3n) is 5.87. The van der Waals surface area contributed by atoms with Crippen LogP contribution in [0.3, 0.4) is 0 Å². The third-order valence-corrected chi connectivity index (χ3v) is 6.87. The highest BCUT2D eigenvalue weighted by molar-refractivity contribution is 7.10. The number of pyridine rings is 1. The number of aromatic amines is 1. The van der Waals surface area contributed by atoms with Crippen LogP contribution in [0.5, 0.6) is 0 Å². The maximum Gasteiger partial charge on any atom is 0.419 e. The number of anilines is 1. The minimum atomic E-state index is -4.35. The fourth-order valence-corrected chi connectivity index (χ4v) is 5.16. The first-order chi connectivity index (χ1) is 13.3. The van der Waals surface area contributed by atoms with E-state index < -0.39 is 11.7 Å². The first kappa shape index (κ1) is 19.2. The van der Waals surface area contributed by atoms with Crippen LogP contribution in [0.15, 0.2) is 29.8 Å². The second kappa shape index (κ2) is 7.39. The molecule has 4 rings (SSSR count). The van der Waals surface area contributed by atoms with Crippen molar-refractivity contribution in [3.63, 3.8) is 0 Å². The molecule has 1 atom stereocenters. The van der Waals surface area contributed by atoms with Crippen molar-refractivity contribution in [1.29, 1.82) is 0 Å². The minimum Gasteiger partial charge on any atom is -0.335 e. The van der Waals surface area contributed by atoms with Crippen molar-refractivity contribution in [3.05, 3.63) is 45.8 Å². The molecule has 0 bridgehead atoms. The van der Waals surface area contributed by atoms with Gasteiger partial charge in [0.25, 0.3) is 5.82 Å². The minimum absolute atomic E-state index is 0.0201. The molecule has 2 aromatic rings. The summed E-state index contributed by atoms with van der Waals surface area (Å²) >= 11 is 1.76. The lowest BCUT2D eigenvalue weighted by Gasteiger charge is -2.37. The Morgan fingerprint density at radius 2 is 1.93 bits per heavy atom. The van der Waals surface area contributed by atoms with E-state index in [4.69, 9.17) is 0 Å². The van der Waals surface area contributed by atoms with Gasteiger partial charge in [-0.25, -0.2) is 4.98 Å². The quantitative estimate of drug-likeness (QED) is 0.752. The number of fused-ring (bicyclic) bond motifs is 1. The summed E-state index contributed by atoms with van der Waals surface area (Å²) in [7, 11) is 0. The van der Waals surface area contributed by atoms with Crippen molar-refractivity contribution in [1.82, 2.24) is 4.90 Å². The van der Waals surface area contributed by atoms with Gasteiger partial charge in [0.1, 0.15) is 6.20 Å². The molecule has 150 valence electrons. The number of carbonyl (C=O) groups excluding carboxylic acids is 1. The summed E-state index contributed by atoms with van der Waals surface area (Å²) in [5.74, 6) is 0.849. The number of H-pyrrole nitrogens is 1. The Labute approximate surface area is 166 Å². The highest BCUT2D eigenvalue weighted by atomic mass is 32.1. The van der Waals surface area contributed by atoms with Gasteiger partial charge in [0.05, 0.1) is 24.7 Å². The molecule has 0 unspecified atom stereocenters. The fraction of sp³-hybridized carbons (Fsp3) is 0.500. The van der Waals surface area contributed by atoms with Gasteiger partial charge in [0, 0.05) is 23.4 Å². The van der Waals surface area contributed by atoms with Gasteiger partial charge >= 0.3 is 6.18 Å². The predicted octanol–water partition coefficient (Wildman–Crippen LogP) is 3.94. The summed E-state index contributed by atoms with van der Waals surface area (Å²) < 4.78 is 38.1. The van der Waals surface area contributed by atoms with E-state index in [-0.39, 0.29) is 17.9 Å². The Hall–Kier alpha value is -2.09. The molecule has 1 N–H and O–H groups in total. The van der Waals surface area contributed by atoms with Crippen molar-refractivity contribution in [3.8, 4) is 0 Å². The summed E-state index contributed by atoms with van der Waals surface area (Å²) in [6, 6.07) is 4.80. The average molecular weight is 410 g/mol. The standard InChI is InChI=1S/C20H22F3N3OS/c1-13-16-7-11-28-17(16)6-10-26(13)19(27)14-4-8-25(9-5-14)18-3-2-15(12-24-18)20(21,22)23/h2-3,7,11-14H,4-6,8-10H2,1H3/p+1/t13-/m0/s1. The van der Waals surface area contributed by atoms with Crippen LogP contribution in [-0.4, -0.2) is 30.4 Å². The lowest BCUT2D eigenvalue weighted by atomic mass is 9.92. The predicted molar refractivity (Wildman–Crippen MR) is 101 cm³/mol. The van der Waals surface area contributed by atoms with Gasteiger partial charge in [-0.1, -0.05) is 0 Å². The molecule has 2 aliphatic rings. The number of alkyl halides is 3.